The number of carbonyl (C=O) groups is 1. The van der Waals surface area contributed by atoms with Gasteiger partial charge in [0.15, 0.2) is 5.82 Å². The molecule has 5 rings (SSSR count). The molecular weight excluding hydrogens is 581 g/mol. The fourth-order valence-electron chi connectivity index (χ4n) is 5.97. The van der Waals surface area contributed by atoms with Gasteiger partial charge in [-0.1, -0.05) is 32.0 Å². The summed E-state index contributed by atoms with van der Waals surface area (Å²) in [6.07, 6.45) is 4.46. The summed E-state index contributed by atoms with van der Waals surface area (Å²) in [5.41, 5.74) is 2.60. The molecule has 1 amide bonds. The average molecular weight is 621 g/mol. The number of carbonyl (C=O) groups excluding carboxylic acids is 1. The largest absolute Gasteiger partial charge is 0.369 e. The molecule has 4 heterocycles. The summed E-state index contributed by atoms with van der Waals surface area (Å²) in [5, 5.41) is 6.43. The second-order valence-corrected chi connectivity index (χ2v) is 11.8. The highest BCUT2D eigenvalue weighted by Gasteiger charge is 2.29. The summed E-state index contributed by atoms with van der Waals surface area (Å²) in [5.74, 6) is 0.303. The zero-order valence-corrected chi connectivity index (χ0v) is 26.0. The Morgan fingerprint density at radius 3 is 2.56 bits per heavy atom. The highest BCUT2D eigenvalue weighted by molar-refractivity contribution is 6.06. The first kappa shape index (κ1) is 32.1. The molecule has 1 fully saturated rings. The second kappa shape index (κ2) is 13.8. The molecule has 0 saturated carbocycles. The number of nitrogens with one attached hydrogen (secondary N) is 2. The summed E-state index contributed by atoms with van der Waals surface area (Å²) in [7, 11) is 3.47. The van der Waals surface area contributed by atoms with Gasteiger partial charge in [-0.05, 0) is 37.0 Å². The molecule has 1 aliphatic heterocycles. The second-order valence-electron chi connectivity index (χ2n) is 11.8. The summed E-state index contributed by atoms with van der Waals surface area (Å²) in [4.78, 5) is 34.4. The van der Waals surface area contributed by atoms with Crippen molar-refractivity contribution >= 4 is 28.4 Å². The first-order chi connectivity index (χ1) is 21.6. The predicted molar refractivity (Wildman–Crippen MR) is 170 cm³/mol. The van der Waals surface area contributed by atoms with Crippen LogP contribution in [-0.2, 0) is 5.41 Å². The van der Waals surface area contributed by atoms with E-state index in [4.69, 9.17) is 0 Å². The van der Waals surface area contributed by atoms with Gasteiger partial charge >= 0.3 is 0 Å². The van der Waals surface area contributed by atoms with Crippen molar-refractivity contribution in [2.45, 2.75) is 51.0 Å². The minimum Gasteiger partial charge on any atom is -0.369 e. The van der Waals surface area contributed by atoms with E-state index in [0.717, 1.165) is 42.4 Å². The van der Waals surface area contributed by atoms with Crippen LogP contribution in [0.2, 0.25) is 0 Å². The number of likely N-dealkylation sites (tertiary alicyclic amines) is 1. The van der Waals surface area contributed by atoms with Crippen molar-refractivity contribution in [1.82, 2.24) is 30.2 Å². The zero-order chi connectivity index (χ0) is 32.1. The van der Waals surface area contributed by atoms with E-state index in [1.54, 1.807) is 12.3 Å². The molecule has 0 spiro atoms. The van der Waals surface area contributed by atoms with Gasteiger partial charge in [-0.15, -0.1) is 0 Å². The Balaban J connectivity index is 1.29. The van der Waals surface area contributed by atoms with E-state index in [-0.39, 0.29) is 18.2 Å². The molecule has 0 unspecified atom stereocenters. The van der Waals surface area contributed by atoms with Crippen molar-refractivity contribution in [2.75, 3.05) is 50.5 Å². The van der Waals surface area contributed by atoms with Gasteiger partial charge in [0.1, 0.15) is 18.0 Å². The van der Waals surface area contributed by atoms with Crippen molar-refractivity contribution in [3.63, 3.8) is 0 Å². The SMILES string of the molecule is CC[C@@](C)(CNc1cc(-c2ccc(N(C)C3CCN(CC(F)F)CC3)nc2)ncn1)c1cccc2c(C(=O)NC)c(F)cnc12. The molecule has 2 N–H and O–H groups in total. The third kappa shape index (κ3) is 7.00. The molecule has 3 aromatic heterocycles. The summed E-state index contributed by atoms with van der Waals surface area (Å²) in [6, 6.07) is 11.5. The lowest BCUT2D eigenvalue weighted by Gasteiger charge is -2.37. The summed E-state index contributed by atoms with van der Waals surface area (Å²) >= 11 is 0. The molecule has 0 bridgehead atoms. The van der Waals surface area contributed by atoms with Crippen LogP contribution in [0, 0.1) is 5.82 Å². The van der Waals surface area contributed by atoms with E-state index in [0.29, 0.717) is 42.0 Å². The molecule has 1 atom stereocenters. The standard InChI is InChI=1S/C33H39F3N8O/c1-5-33(2,24-8-6-7-23-30(32(45)37-3)25(34)17-39-31(23)24)19-40-28-15-26(41-20-42-28)21-9-10-29(38-16-21)43(4)22-11-13-44(14-12-22)18-27(35)36/h6-10,15-17,20,22,27H,5,11-14,18-19H2,1-4H3,(H,37,45)(H,40,41,42)/t33-/m0/s1. The Morgan fingerprint density at radius 1 is 1.11 bits per heavy atom. The van der Waals surface area contributed by atoms with Crippen LogP contribution >= 0.6 is 0 Å². The maximum absolute atomic E-state index is 14.6. The first-order valence-corrected chi connectivity index (χ1v) is 15.2. The van der Waals surface area contributed by atoms with Crippen LogP contribution in [0.15, 0.2) is 55.1 Å². The molecule has 4 aromatic rings. The van der Waals surface area contributed by atoms with Crippen molar-refractivity contribution in [3.05, 3.63) is 72.1 Å². The minimum atomic E-state index is -2.30. The molecular formula is C33H39F3N8O. The van der Waals surface area contributed by atoms with Gasteiger partial charge < -0.3 is 15.5 Å². The number of anilines is 2. The van der Waals surface area contributed by atoms with Crippen molar-refractivity contribution in [3.8, 4) is 11.3 Å². The number of halogens is 3. The van der Waals surface area contributed by atoms with Crippen LogP contribution < -0.4 is 15.5 Å². The third-order valence-electron chi connectivity index (χ3n) is 8.97. The van der Waals surface area contributed by atoms with E-state index in [1.165, 1.54) is 13.4 Å². The van der Waals surface area contributed by atoms with E-state index < -0.39 is 23.6 Å². The molecule has 0 aliphatic carbocycles. The Labute approximate surface area is 261 Å². The van der Waals surface area contributed by atoms with Gasteiger partial charge in [0.2, 0.25) is 0 Å². The topological polar surface area (TPSA) is 99.2 Å². The van der Waals surface area contributed by atoms with E-state index in [9.17, 15) is 18.0 Å². The number of hydrogen-bond donors (Lipinski definition) is 2. The average Bonchev–Trinajstić information content (AvgIpc) is 3.06. The maximum atomic E-state index is 14.6. The maximum Gasteiger partial charge on any atom is 0.254 e. The highest BCUT2D eigenvalue weighted by Crippen LogP contribution is 2.34. The predicted octanol–water partition coefficient (Wildman–Crippen LogP) is 5.53. The summed E-state index contributed by atoms with van der Waals surface area (Å²) in [6.45, 7) is 5.81. The normalized spacial score (nSPS) is 15.6. The molecule has 238 valence electrons. The van der Waals surface area contributed by atoms with Gasteiger partial charge in [-0.2, -0.15) is 0 Å². The lowest BCUT2D eigenvalue weighted by atomic mass is 9.78. The quantitative estimate of drug-likeness (QED) is 0.226. The number of fused-ring (bicyclic) bond motifs is 1. The molecule has 1 aliphatic rings. The molecule has 12 heteroatoms. The van der Waals surface area contributed by atoms with Gasteiger partial charge in [0.25, 0.3) is 12.3 Å². The first-order valence-electron chi connectivity index (χ1n) is 15.2. The van der Waals surface area contributed by atoms with E-state index in [1.807, 2.05) is 42.3 Å². The molecule has 9 nitrogen and oxygen atoms in total. The van der Waals surface area contributed by atoms with Gasteiger partial charge in [-0.25, -0.2) is 28.1 Å². The van der Waals surface area contributed by atoms with Gasteiger partial charge in [0.05, 0.1) is 29.5 Å². The number of benzene rings is 1. The van der Waals surface area contributed by atoms with Crippen LogP contribution in [0.3, 0.4) is 0 Å². The molecule has 45 heavy (non-hydrogen) atoms. The number of pyridine rings is 2. The molecule has 1 saturated heterocycles. The van der Waals surface area contributed by atoms with Crippen molar-refractivity contribution < 1.29 is 18.0 Å². The number of piperidine rings is 1. The molecule has 1 aromatic carbocycles. The van der Waals surface area contributed by atoms with E-state index >= 15 is 0 Å². The summed E-state index contributed by atoms with van der Waals surface area (Å²) < 4.78 is 40.1. The molecule has 0 radical (unpaired) electrons. The lowest BCUT2D eigenvalue weighted by Crippen LogP contribution is -2.45. The lowest BCUT2D eigenvalue weighted by molar-refractivity contribution is 0.0754. The Hall–Kier alpha value is -4.32. The number of hydrogen-bond acceptors (Lipinski definition) is 8. The monoisotopic (exact) mass is 620 g/mol. The van der Waals surface area contributed by atoms with E-state index in [2.05, 4.69) is 49.3 Å². The number of para-hydroxylation sites is 1. The number of amides is 1. The van der Waals surface area contributed by atoms with Crippen LogP contribution in [0.4, 0.5) is 24.8 Å². The van der Waals surface area contributed by atoms with Crippen LogP contribution in [-0.4, -0.2) is 83.5 Å². The van der Waals surface area contributed by atoms with Crippen LogP contribution in [0.5, 0.6) is 0 Å². The van der Waals surface area contributed by atoms with Gasteiger partial charge in [0, 0.05) is 68.4 Å². The zero-order valence-electron chi connectivity index (χ0n) is 26.0. The fraction of sp³-hybridized carbons (Fsp3) is 0.424. The Bertz CT molecular complexity index is 1630. The third-order valence-corrected chi connectivity index (χ3v) is 8.97. The number of alkyl halides is 2. The highest BCUT2D eigenvalue weighted by atomic mass is 19.3. The van der Waals surface area contributed by atoms with Crippen molar-refractivity contribution in [1.29, 1.82) is 0 Å². The number of rotatable bonds is 11. The van der Waals surface area contributed by atoms with Crippen molar-refractivity contribution in [2.24, 2.45) is 0 Å². The smallest absolute Gasteiger partial charge is 0.254 e. The Morgan fingerprint density at radius 2 is 1.89 bits per heavy atom. The fourth-order valence-corrected chi connectivity index (χ4v) is 5.97. The number of aromatic nitrogens is 4. The van der Waals surface area contributed by atoms with Gasteiger partial charge in [-0.3, -0.25) is 14.7 Å². The van der Waals surface area contributed by atoms with Crippen LogP contribution in [0.25, 0.3) is 22.2 Å². The Kier molecular flexibility index (Phi) is 9.81. The van der Waals surface area contributed by atoms with Crippen LogP contribution in [0.1, 0.15) is 49.0 Å². The minimum absolute atomic E-state index is 0.0164. The number of nitrogens with zero attached hydrogens (tertiary/aromatic N) is 6.